The molecule has 0 aliphatic carbocycles. The molecule has 0 amide bonds. The lowest BCUT2D eigenvalue weighted by molar-refractivity contribution is 0.268. The molecular formula is C14H22N2O3S. The van der Waals surface area contributed by atoms with Gasteiger partial charge in [-0.2, -0.15) is 17.4 Å². The molecule has 0 aromatic heterocycles. The highest BCUT2D eigenvalue weighted by atomic mass is 32.2. The first-order chi connectivity index (χ1) is 9.56. The van der Waals surface area contributed by atoms with E-state index in [4.69, 9.17) is 5.11 Å². The Hall–Kier alpha value is -0.950. The molecule has 2 rings (SSSR count). The summed E-state index contributed by atoms with van der Waals surface area (Å²) in [5.74, 6) is 0. The highest BCUT2D eigenvalue weighted by molar-refractivity contribution is 7.87. The molecule has 0 saturated heterocycles. The van der Waals surface area contributed by atoms with Crippen LogP contribution in [0, 0.1) is 0 Å². The Labute approximate surface area is 120 Å². The third-order valence-electron chi connectivity index (χ3n) is 3.72. The summed E-state index contributed by atoms with van der Waals surface area (Å²) in [4.78, 5) is 0. The molecule has 0 spiro atoms. The molecule has 1 aliphatic heterocycles. The smallest absolute Gasteiger partial charge is 0.280 e. The van der Waals surface area contributed by atoms with Crippen molar-refractivity contribution in [2.75, 3.05) is 13.2 Å². The number of hydrogen-bond donors (Lipinski definition) is 2. The van der Waals surface area contributed by atoms with Gasteiger partial charge < -0.3 is 5.11 Å². The number of nitrogens with one attached hydrogen (secondary N) is 1. The van der Waals surface area contributed by atoms with Crippen LogP contribution in [0.2, 0.25) is 0 Å². The third kappa shape index (κ3) is 3.58. The molecule has 5 nitrogen and oxygen atoms in total. The van der Waals surface area contributed by atoms with Gasteiger partial charge in [0.2, 0.25) is 0 Å². The van der Waals surface area contributed by atoms with Crippen LogP contribution in [-0.2, 0) is 23.2 Å². The molecule has 112 valence electrons. The van der Waals surface area contributed by atoms with Gasteiger partial charge in [0.15, 0.2) is 0 Å². The van der Waals surface area contributed by atoms with Crippen molar-refractivity contribution < 1.29 is 13.5 Å². The van der Waals surface area contributed by atoms with E-state index in [9.17, 15) is 8.42 Å². The molecule has 0 radical (unpaired) electrons. The summed E-state index contributed by atoms with van der Waals surface area (Å²) in [6.07, 6.45) is 1.86. The van der Waals surface area contributed by atoms with Crippen LogP contribution in [0.3, 0.4) is 0 Å². The topological polar surface area (TPSA) is 69.6 Å². The molecule has 0 saturated carbocycles. The predicted molar refractivity (Wildman–Crippen MR) is 78.4 cm³/mol. The van der Waals surface area contributed by atoms with E-state index < -0.39 is 10.2 Å². The van der Waals surface area contributed by atoms with E-state index in [0.29, 0.717) is 25.9 Å². The van der Waals surface area contributed by atoms with Crippen molar-refractivity contribution in [2.24, 2.45) is 0 Å². The van der Waals surface area contributed by atoms with Gasteiger partial charge in [-0.25, -0.2) is 0 Å². The number of aliphatic hydroxyl groups is 1. The summed E-state index contributed by atoms with van der Waals surface area (Å²) in [5.41, 5.74) is 2.29. The van der Waals surface area contributed by atoms with Gasteiger partial charge in [-0.1, -0.05) is 31.2 Å². The maximum absolute atomic E-state index is 12.4. The van der Waals surface area contributed by atoms with Crippen LogP contribution >= 0.6 is 0 Å². The summed E-state index contributed by atoms with van der Waals surface area (Å²) in [5, 5.41) is 8.96. The zero-order valence-electron chi connectivity index (χ0n) is 11.7. The molecule has 1 aliphatic rings. The van der Waals surface area contributed by atoms with E-state index in [2.05, 4.69) is 4.72 Å². The Kier molecular flexibility index (Phi) is 5.15. The molecule has 2 N–H and O–H groups in total. The van der Waals surface area contributed by atoms with Crippen molar-refractivity contribution in [1.29, 1.82) is 0 Å². The number of hydrogen-bond acceptors (Lipinski definition) is 3. The van der Waals surface area contributed by atoms with Crippen molar-refractivity contribution in [3.63, 3.8) is 0 Å². The van der Waals surface area contributed by atoms with Crippen molar-refractivity contribution in [3.8, 4) is 0 Å². The van der Waals surface area contributed by atoms with Gasteiger partial charge in [-0.15, -0.1) is 0 Å². The van der Waals surface area contributed by atoms with Crippen molar-refractivity contribution in [3.05, 3.63) is 35.4 Å². The van der Waals surface area contributed by atoms with Crippen LogP contribution in [-0.4, -0.2) is 37.0 Å². The Bertz CT molecular complexity index is 545. The summed E-state index contributed by atoms with van der Waals surface area (Å²) < 4.78 is 28.9. The minimum Gasteiger partial charge on any atom is -0.396 e. The van der Waals surface area contributed by atoms with E-state index >= 15 is 0 Å². The van der Waals surface area contributed by atoms with E-state index in [-0.39, 0.29) is 12.6 Å². The van der Waals surface area contributed by atoms with Gasteiger partial charge in [0.1, 0.15) is 0 Å². The lowest BCUT2D eigenvalue weighted by Gasteiger charge is -2.29. The zero-order valence-corrected chi connectivity index (χ0v) is 12.6. The lowest BCUT2D eigenvalue weighted by Crippen LogP contribution is -2.47. The summed E-state index contributed by atoms with van der Waals surface area (Å²) in [6.45, 7) is 2.82. The van der Waals surface area contributed by atoms with Gasteiger partial charge in [-0.05, 0) is 30.4 Å². The van der Waals surface area contributed by atoms with Crippen molar-refractivity contribution in [2.45, 2.75) is 38.8 Å². The zero-order chi connectivity index (χ0) is 14.6. The SMILES string of the molecule is CCC(CCO)NS(=O)(=O)N1CCc2ccccc2C1. The Balaban J connectivity index is 2.08. The monoisotopic (exact) mass is 298 g/mol. The fourth-order valence-electron chi connectivity index (χ4n) is 2.46. The molecule has 1 atom stereocenters. The van der Waals surface area contributed by atoms with E-state index in [1.807, 2.05) is 31.2 Å². The standard InChI is InChI=1S/C14H22N2O3S/c1-2-14(8-10-17)15-20(18,19)16-9-7-12-5-3-4-6-13(12)11-16/h3-6,14-15,17H,2,7-11H2,1H3. The lowest BCUT2D eigenvalue weighted by atomic mass is 10.0. The normalized spacial score (nSPS) is 17.7. The maximum atomic E-state index is 12.4. The number of benzene rings is 1. The first-order valence-electron chi connectivity index (χ1n) is 7.02. The molecular weight excluding hydrogens is 276 g/mol. The van der Waals surface area contributed by atoms with Crippen LogP contribution in [0.1, 0.15) is 30.9 Å². The number of aliphatic hydroxyl groups excluding tert-OH is 1. The van der Waals surface area contributed by atoms with E-state index in [1.165, 1.54) is 9.87 Å². The summed E-state index contributed by atoms with van der Waals surface area (Å²) in [7, 11) is -3.49. The van der Waals surface area contributed by atoms with Crippen LogP contribution in [0.15, 0.2) is 24.3 Å². The highest BCUT2D eigenvalue weighted by Crippen LogP contribution is 2.20. The predicted octanol–water partition coefficient (Wildman–Crippen LogP) is 1.04. The average molecular weight is 298 g/mol. The third-order valence-corrected chi connectivity index (χ3v) is 5.34. The van der Waals surface area contributed by atoms with E-state index in [1.54, 1.807) is 0 Å². The Morgan fingerprint density at radius 2 is 2.05 bits per heavy atom. The first kappa shape index (κ1) is 15.4. The largest absolute Gasteiger partial charge is 0.396 e. The first-order valence-corrected chi connectivity index (χ1v) is 8.46. The molecule has 1 aromatic carbocycles. The van der Waals surface area contributed by atoms with Crippen molar-refractivity contribution in [1.82, 2.24) is 9.03 Å². The van der Waals surface area contributed by atoms with Gasteiger partial charge in [-0.3, -0.25) is 0 Å². The quantitative estimate of drug-likeness (QED) is 0.824. The summed E-state index contributed by atoms with van der Waals surface area (Å²) in [6, 6.07) is 7.73. The van der Waals surface area contributed by atoms with Crippen LogP contribution in [0.4, 0.5) is 0 Å². The minimum absolute atomic E-state index is 0.0101. The second-order valence-electron chi connectivity index (χ2n) is 5.09. The average Bonchev–Trinajstić information content (AvgIpc) is 2.46. The highest BCUT2D eigenvalue weighted by Gasteiger charge is 2.27. The van der Waals surface area contributed by atoms with Crippen LogP contribution in [0.25, 0.3) is 0 Å². The fraction of sp³-hybridized carbons (Fsp3) is 0.571. The van der Waals surface area contributed by atoms with Gasteiger partial charge in [0.05, 0.1) is 0 Å². The van der Waals surface area contributed by atoms with E-state index in [0.717, 1.165) is 12.0 Å². The van der Waals surface area contributed by atoms with Crippen LogP contribution in [0.5, 0.6) is 0 Å². The molecule has 0 fully saturated rings. The number of rotatable bonds is 6. The second-order valence-corrected chi connectivity index (χ2v) is 6.79. The molecule has 0 bridgehead atoms. The van der Waals surface area contributed by atoms with Gasteiger partial charge in [0.25, 0.3) is 10.2 Å². The number of fused-ring (bicyclic) bond motifs is 1. The van der Waals surface area contributed by atoms with Crippen LogP contribution < -0.4 is 4.72 Å². The fourth-order valence-corrected chi connectivity index (χ4v) is 3.96. The summed E-state index contributed by atoms with van der Waals surface area (Å²) >= 11 is 0. The Morgan fingerprint density at radius 3 is 2.70 bits per heavy atom. The number of nitrogens with zero attached hydrogens (tertiary/aromatic N) is 1. The van der Waals surface area contributed by atoms with Gasteiger partial charge in [0, 0.05) is 25.7 Å². The molecule has 6 heteroatoms. The second kappa shape index (κ2) is 6.67. The molecule has 20 heavy (non-hydrogen) atoms. The van der Waals surface area contributed by atoms with Crippen molar-refractivity contribution >= 4 is 10.2 Å². The molecule has 1 aromatic rings. The van der Waals surface area contributed by atoms with Gasteiger partial charge >= 0.3 is 0 Å². The minimum atomic E-state index is -3.49. The Morgan fingerprint density at radius 1 is 1.35 bits per heavy atom. The maximum Gasteiger partial charge on any atom is 0.280 e. The molecule has 1 heterocycles. The molecule has 1 unspecified atom stereocenters.